The second-order valence-corrected chi connectivity index (χ2v) is 4.54. The Labute approximate surface area is 117 Å². The standard InChI is InChI=1S/C13H12F3N3O2/c1-8-3-2-4-9-11(8)18-7-19(12(9)21)5-10(20)17-6-13(14,15)16/h2-4,7H,5-6H2,1H3,(H,17,20). The molecule has 0 atom stereocenters. The smallest absolute Gasteiger partial charge is 0.345 e. The highest BCUT2D eigenvalue weighted by Crippen LogP contribution is 2.12. The van der Waals surface area contributed by atoms with E-state index in [9.17, 15) is 22.8 Å². The summed E-state index contributed by atoms with van der Waals surface area (Å²) in [4.78, 5) is 27.6. The molecule has 0 radical (unpaired) electrons. The van der Waals surface area contributed by atoms with Gasteiger partial charge in [-0.25, -0.2) is 4.98 Å². The monoisotopic (exact) mass is 299 g/mol. The van der Waals surface area contributed by atoms with Gasteiger partial charge in [-0.05, 0) is 18.6 Å². The molecule has 1 heterocycles. The van der Waals surface area contributed by atoms with E-state index in [1.54, 1.807) is 30.4 Å². The van der Waals surface area contributed by atoms with Gasteiger partial charge in [0.05, 0.1) is 17.2 Å². The van der Waals surface area contributed by atoms with Gasteiger partial charge < -0.3 is 5.32 Å². The lowest BCUT2D eigenvalue weighted by Crippen LogP contribution is -2.37. The highest BCUT2D eigenvalue weighted by Gasteiger charge is 2.27. The Bertz CT molecular complexity index is 737. The van der Waals surface area contributed by atoms with E-state index in [1.807, 2.05) is 0 Å². The molecule has 0 spiro atoms. The van der Waals surface area contributed by atoms with Crippen LogP contribution in [-0.4, -0.2) is 28.2 Å². The molecule has 1 N–H and O–H groups in total. The fraction of sp³-hybridized carbons (Fsp3) is 0.308. The Kier molecular flexibility index (Phi) is 3.97. The van der Waals surface area contributed by atoms with Crippen molar-refractivity contribution >= 4 is 16.8 Å². The number of hydrogen-bond acceptors (Lipinski definition) is 3. The number of fused-ring (bicyclic) bond motifs is 1. The molecule has 112 valence electrons. The molecule has 0 aliphatic heterocycles. The summed E-state index contributed by atoms with van der Waals surface area (Å²) in [6.07, 6.45) is -3.33. The van der Waals surface area contributed by atoms with Crippen molar-refractivity contribution in [1.29, 1.82) is 0 Å². The number of aryl methyl sites for hydroxylation is 1. The Hall–Kier alpha value is -2.38. The van der Waals surface area contributed by atoms with Gasteiger partial charge in [-0.15, -0.1) is 0 Å². The molecule has 2 rings (SSSR count). The lowest BCUT2D eigenvalue weighted by atomic mass is 10.1. The van der Waals surface area contributed by atoms with Gasteiger partial charge in [-0.3, -0.25) is 14.2 Å². The summed E-state index contributed by atoms with van der Waals surface area (Å²) in [7, 11) is 0. The summed E-state index contributed by atoms with van der Waals surface area (Å²) in [6.45, 7) is -0.151. The number of alkyl halides is 3. The molecule has 0 fully saturated rings. The van der Waals surface area contributed by atoms with Crippen molar-refractivity contribution in [2.75, 3.05) is 6.54 Å². The minimum absolute atomic E-state index is 0.320. The summed E-state index contributed by atoms with van der Waals surface area (Å²) in [5, 5.41) is 2.03. The average molecular weight is 299 g/mol. The molecule has 0 unspecified atom stereocenters. The normalized spacial score (nSPS) is 11.6. The van der Waals surface area contributed by atoms with Crippen LogP contribution < -0.4 is 10.9 Å². The zero-order valence-electron chi connectivity index (χ0n) is 11.1. The number of para-hydroxylation sites is 1. The van der Waals surface area contributed by atoms with Crippen molar-refractivity contribution in [3.63, 3.8) is 0 Å². The maximum atomic E-state index is 12.1. The van der Waals surface area contributed by atoms with Gasteiger partial charge in [0.25, 0.3) is 5.56 Å². The number of nitrogens with zero attached hydrogens (tertiary/aromatic N) is 2. The minimum Gasteiger partial charge on any atom is -0.345 e. The number of halogens is 3. The SMILES string of the molecule is Cc1cccc2c(=O)n(CC(=O)NCC(F)(F)F)cnc12. The van der Waals surface area contributed by atoms with Crippen molar-refractivity contribution in [3.8, 4) is 0 Å². The third kappa shape index (κ3) is 3.59. The number of hydrogen-bond donors (Lipinski definition) is 1. The highest BCUT2D eigenvalue weighted by atomic mass is 19.4. The lowest BCUT2D eigenvalue weighted by molar-refractivity contribution is -0.138. The van der Waals surface area contributed by atoms with E-state index in [0.717, 1.165) is 16.5 Å². The molecule has 2 aromatic rings. The molecule has 1 aromatic heterocycles. The third-order valence-corrected chi connectivity index (χ3v) is 2.86. The molecule has 8 heteroatoms. The van der Waals surface area contributed by atoms with E-state index >= 15 is 0 Å². The zero-order chi connectivity index (χ0) is 15.6. The van der Waals surface area contributed by atoms with Gasteiger partial charge in [0.1, 0.15) is 13.1 Å². The molecule has 0 saturated heterocycles. The third-order valence-electron chi connectivity index (χ3n) is 2.86. The van der Waals surface area contributed by atoms with Crippen molar-refractivity contribution in [2.24, 2.45) is 0 Å². The van der Waals surface area contributed by atoms with Crippen molar-refractivity contribution in [3.05, 3.63) is 40.4 Å². The molecule has 1 amide bonds. The highest BCUT2D eigenvalue weighted by molar-refractivity contribution is 5.81. The van der Waals surface area contributed by atoms with Crippen LogP contribution >= 0.6 is 0 Å². The topological polar surface area (TPSA) is 64.0 Å². The number of carbonyl (C=O) groups excluding carboxylic acids is 1. The van der Waals surface area contributed by atoms with Crippen molar-refractivity contribution in [1.82, 2.24) is 14.9 Å². The predicted octanol–water partition coefficient (Wildman–Crippen LogP) is 1.38. The maximum absolute atomic E-state index is 12.1. The second-order valence-electron chi connectivity index (χ2n) is 4.54. The molecule has 5 nitrogen and oxygen atoms in total. The number of carbonyl (C=O) groups is 1. The zero-order valence-corrected chi connectivity index (χ0v) is 11.1. The van der Waals surface area contributed by atoms with E-state index in [4.69, 9.17) is 0 Å². The summed E-state index contributed by atoms with van der Waals surface area (Å²) in [5.41, 5.74) is 0.846. The van der Waals surface area contributed by atoms with Crippen LogP contribution in [0.3, 0.4) is 0 Å². The molecule has 21 heavy (non-hydrogen) atoms. The van der Waals surface area contributed by atoms with Crippen LogP contribution in [0, 0.1) is 6.92 Å². The molecule has 0 bridgehead atoms. The molecule has 0 aliphatic rings. The van der Waals surface area contributed by atoms with E-state index < -0.39 is 30.7 Å². The van der Waals surface area contributed by atoms with Crippen LogP contribution in [-0.2, 0) is 11.3 Å². The first-order valence-electron chi connectivity index (χ1n) is 6.06. The van der Waals surface area contributed by atoms with Crippen LogP contribution in [0.4, 0.5) is 13.2 Å². The molecule has 0 saturated carbocycles. The number of amides is 1. The minimum atomic E-state index is -4.49. The molecule has 0 aliphatic carbocycles. The van der Waals surface area contributed by atoms with Gasteiger partial charge in [0, 0.05) is 0 Å². The Morgan fingerprint density at radius 3 is 2.76 bits per heavy atom. The van der Waals surface area contributed by atoms with Crippen LogP contribution in [0.15, 0.2) is 29.3 Å². The summed E-state index contributed by atoms with van der Waals surface area (Å²) < 4.78 is 37.0. The van der Waals surface area contributed by atoms with E-state index in [0.29, 0.717) is 10.9 Å². The largest absolute Gasteiger partial charge is 0.405 e. The number of nitrogens with one attached hydrogen (secondary N) is 1. The molecular weight excluding hydrogens is 287 g/mol. The predicted molar refractivity (Wildman–Crippen MR) is 69.8 cm³/mol. The van der Waals surface area contributed by atoms with Crippen molar-refractivity contribution < 1.29 is 18.0 Å². The van der Waals surface area contributed by atoms with Gasteiger partial charge >= 0.3 is 6.18 Å². The van der Waals surface area contributed by atoms with Crippen LogP contribution in [0.2, 0.25) is 0 Å². The molecule has 1 aromatic carbocycles. The van der Waals surface area contributed by atoms with Crippen LogP contribution in [0.1, 0.15) is 5.56 Å². The summed E-state index contributed by atoms with van der Waals surface area (Å²) in [5.74, 6) is -0.900. The number of aromatic nitrogens is 2. The van der Waals surface area contributed by atoms with Crippen LogP contribution in [0.5, 0.6) is 0 Å². The van der Waals surface area contributed by atoms with Crippen molar-refractivity contribution in [2.45, 2.75) is 19.6 Å². The van der Waals surface area contributed by atoms with Gasteiger partial charge in [0.15, 0.2) is 0 Å². The van der Waals surface area contributed by atoms with Gasteiger partial charge in [-0.1, -0.05) is 12.1 Å². The van der Waals surface area contributed by atoms with Crippen LogP contribution in [0.25, 0.3) is 10.9 Å². The number of rotatable bonds is 3. The molecular formula is C13H12F3N3O2. The average Bonchev–Trinajstić information content (AvgIpc) is 2.40. The second kappa shape index (κ2) is 5.55. The first kappa shape index (κ1) is 15.0. The first-order valence-corrected chi connectivity index (χ1v) is 6.06. The summed E-state index contributed by atoms with van der Waals surface area (Å²) >= 11 is 0. The Morgan fingerprint density at radius 2 is 2.10 bits per heavy atom. The lowest BCUT2D eigenvalue weighted by Gasteiger charge is -2.10. The Balaban J connectivity index is 2.22. The fourth-order valence-electron chi connectivity index (χ4n) is 1.86. The quantitative estimate of drug-likeness (QED) is 0.931. The van der Waals surface area contributed by atoms with Gasteiger partial charge in [0.2, 0.25) is 5.91 Å². The summed E-state index contributed by atoms with van der Waals surface area (Å²) in [6, 6.07) is 5.02. The Morgan fingerprint density at radius 1 is 1.38 bits per heavy atom. The van der Waals surface area contributed by atoms with E-state index in [1.165, 1.54) is 0 Å². The van der Waals surface area contributed by atoms with E-state index in [2.05, 4.69) is 4.98 Å². The number of benzene rings is 1. The fourth-order valence-corrected chi connectivity index (χ4v) is 1.86. The van der Waals surface area contributed by atoms with Gasteiger partial charge in [-0.2, -0.15) is 13.2 Å². The van der Waals surface area contributed by atoms with E-state index in [-0.39, 0.29) is 0 Å². The first-order chi connectivity index (χ1) is 9.78. The maximum Gasteiger partial charge on any atom is 0.405 e.